The molecule has 5 rings (SSSR count). The second-order valence-electron chi connectivity index (χ2n) is 7.66. The quantitative estimate of drug-likeness (QED) is 0.790. The summed E-state index contributed by atoms with van der Waals surface area (Å²) in [6.07, 6.45) is 3.27. The lowest BCUT2D eigenvalue weighted by molar-refractivity contribution is -0.123. The monoisotopic (exact) mass is 347 g/mol. The Morgan fingerprint density at radius 2 is 1.46 bits per heavy atom. The summed E-state index contributed by atoms with van der Waals surface area (Å²) in [5.74, 6) is 1.43. The van der Waals surface area contributed by atoms with E-state index in [2.05, 4.69) is 0 Å². The average Bonchev–Trinajstić information content (AvgIpc) is 3.35. The molecule has 0 aromatic heterocycles. The molecule has 4 atom stereocenters. The maximum Gasteiger partial charge on any atom is 0.237 e. The third-order valence-corrected chi connectivity index (χ3v) is 6.27. The van der Waals surface area contributed by atoms with Crippen molar-refractivity contribution >= 4 is 17.5 Å². The van der Waals surface area contributed by atoms with Crippen LogP contribution in [0, 0.1) is 23.7 Å². The summed E-state index contributed by atoms with van der Waals surface area (Å²) in [6, 6.07) is 17.3. The molecule has 0 N–H and O–H groups in total. The van der Waals surface area contributed by atoms with Crippen LogP contribution >= 0.6 is 0 Å². The number of nitrogens with zero attached hydrogens (tertiary/aromatic N) is 1. The second-order valence-corrected chi connectivity index (χ2v) is 7.66. The van der Waals surface area contributed by atoms with Crippen LogP contribution in [-0.2, 0) is 16.2 Å². The first-order valence-electron chi connectivity index (χ1n) is 9.37. The molecule has 3 aliphatic rings. The predicted molar refractivity (Wildman–Crippen MR) is 97.5 cm³/mol. The van der Waals surface area contributed by atoms with Gasteiger partial charge in [-0.3, -0.25) is 14.5 Å². The molecule has 2 bridgehead atoms. The van der Waals surface area contributed by atoms with E-state index in [1.54, 1.807) is 0 Å². The van der Waals surface area contributed by atoms with Crippen LogP contribution in [0.25, 0.3) is 0 Å². The number of fused-ring (bicyclic) bond motifs is 5. The van der Waals surface area contributed by atoms with Gasteiger partial charge in [-0.15, -0.1) is 0 Å². The number of hydrogen-bond acceptors (Lipinski definition) is 3. The molecule has 0 radical (unpaired) electrons. The highest BCUT2D eigenvalue weighted by atomic mass is 16.5. The summed E-state index contributed by atoms with van der Waals surface area (Å²) >= 11 is 0. The highest BCUT2D eigenvalue weighted by Crippen LogP contribution is 2.56. The van der Waals surface area contributed by atoms with Crippen LogP contribution in [-0.4, -0.2) is 11.8 Å². The number of benzene rings is 2. The molecule has 3 fully saturated rings. The molecule has 132 valence electrons. The minimum absolute atomic E-state index is 0.00477. The molecule has 1 saturated heterocycles. The van der Waals surface area contributed by atoms with Gasteiger partial charge in [0.2, 0.25) is 11.8 Å². The van der Waals surface area contributed by atoms with Crippen molar-refractivity contribution < 1.29 is 14.3 Å². The Balaban J connectivity index is 1.32. The fourth-order valence-electron chi connectivity index (χ4n) is 5.10. The Morgan fingerprint density at radius 3 is 2.08 bits per heavy atom. The Bertz CT molecular complexity index is 817. The molecule has 1 aliphatic heterocycles. The van der Waals surface area contributed by atoms with E-state index in [0.717, 1.165) is 30.6 Å². The average molecular weight is 347 g/mol. The smallest absolute Gasteiger partial charge is 0.237 e. The zero-order valence-corrected chi connectivity index (χ0v) is 14.5. The molecule has 4 nitrogen and oxygen atoms in total. The molecule has 0 spiro atoms. The number of amides is 2. The van der Waals surface area contributed by atoms with Gasteiger partial charge in [-0.25, -0.2) is 0 Å². The van der Waals surface area contributed by atoms with Crippen molar-refractivity contribution in [2.75, 3.05) is 4.90 Å². The largest absolute Gasteiger partial charge is 0.489 e. The summed E-state index contributed by atoms with van der Waals surface area (Å²) in [5, 5.41) is 0. The van der Waals surface area contributed by atoms with Gasteiger partial charge in [0.1, 0.15) is 12.4 Å². The second kappa shape index (κ2) is 5.97. The number of hydrogen-bond donors (Lipinski definition) is 0. The molecule has 1 heterocycles. The lowest BCUT2D eigenvalue weighted by Crippen LogP contribution is -2.32. The van der Waals surface area contributed by atoms with Crippen molar-refractivity contribution in [1.29, 1.82) is 0 Å². The maximum absolute atomic E-state index is 12.9. The SMILES string of the molecule is O=C1[C@H]2[C@H]3CC[C@@H](C3)[C@@H]2C(=O)N1c1ccc(OCc2ccccc2)cc1. The lowest BCUT2D eigenvalue weighted by atomic mass is 9.81. The van der Waals surface area contributed by atoms with Gasteiger partial charge in [0, 0.05) is 0 Å². The molecule has 26 heavy (non-hydrogen) atoms. The Morgan fingerprint density at radius 1 is 0.846 bits per heavy atom. The Labute approximate surface area is 152 Å². The van der Waals surface area contributed by atoms with E-state index >= 15 is 0 Å². The van der Waals surface area contributed by atoms with E-state index < -0.39 is 0 Å². The van der Waals surface area contributed by atoms with E-state index in [0.29, 0.717) is 24.1 Å². The van der Waals surface area contributed by atoms with Gasteiger partial charge < -0.3 is 4.74 Å². The first-order chi connectivity index (χ1) is 12.7. The van der Waals surface area contributed by atoms with E-state index in [1.165, 1.54) is 4.90 Å². The molecule has 4 heteroatoms. The highest BCUT2D eigenvalue weighted by molar-refractivity contribution is 6.22. The maximum atomic E-state index is 12.9. The van der Waals surface area contributed by atoms with E-state index in [-0.39, 0.29) is 23.7 Å². The van der Waals surface area contributed by atoms with Crippen LogP contribution in [0.1, 0.15) is 24.8 Å². The van der Waals surface area contributed by atoms with Crippen LogP contribution in [0.15, 0.2) is 54.6 Å². The van der Waals surface area contributed by atoms with Crippen molar-refractivity contribution in [2.45, 2.75) is 25.9 Å². The fourth-order valence-corrected chi connectivity index (χ4v) is 5.10. The number of rotatable bonds is 4. The topological polar surface area (TPSA) is 46.6 Å². The molecular weight excluding hydrogens is 326 g/mol. The van der Waals surface area contributed by atoms with Crippen molar-refractivity contribution in [2.24, 2.45) is 23.7 Å². The Kier molecular flexibility index (Phi) is 3.59. The van der Waals surface area contributed by atoms with Gasteiger partial charge in [-0.05, 0) is 60.9 Å². The molecule has 2 aromatic carbocycles. The van der Waals surface area contributed by atoms with Gasteiger partial charge in [-0.2, -0.15) is 0 Å². The highest BCUT2D eigenvalue weighted by Gasteiger charge is 2.61. The molecule has 2 saturated carbocycles. The van der Waals surface area contributed by atoms with Crippen molar-refractivity contribution in [3.8, 4) is 5.75 Å². The molecule has 2 aliphatic carbocycles. The van der Waals surface area contributed by atoms with Gasteiger partial charge in [0.25, 0.3) is 0 Å². The van der Waals surface area contributed by atoms with Crippen molar-refractivity contribution in [3.05, 3.63) is 60.2 Å². The van der Waals surface area contributed by atoms with E-state index in [9.17, 15) is 9.59 Å². The van der Waals surface area contributed by atoms with Gasteiger partial charge in [0.05, 0.1) is 17.5 Å². The molecule has 2 amide bonds. The third-order valence-electron chi connectivity index (χ3n) is 6.27. The summed E-state index contributed by atoms with van der Waals surface area (Å²) < 4.78 is 5.79. The summed E-state index contributed by atoms with van der Waals surface area (Å²) in [5.41, 5.74) is 1.77. The molecular formula is C22H21NO3. The zero-order valence-electron chi connectivity index (χ0n) is 14.5. The molecule has 0 unspecified atom stereocenters. The number of anilines is 1. The van der Waals surface area contributed by atoms with Crippen LogP contribution in [0.5, 0.6) is 5.75 Å². The first-order valence-corrected chi connectivity index (χ1v) is 9.37. The minimum atomic E-state index is -0.0738. The zero-order chi connectivity index (χ0) is 17.7. The standard InChI is InChI=1S/C22H21NO3/c24-21-19-15-6-7-16(12-15)20(19)22(25)23(21)17-8-10-18(11-9-17)26-13-14-4-2-1-3-5-14/h1-5,8-11,15-16,19-20H,6-7,12-13H2/t15-,16-,19-,20-/m0/s1. The summed E-state index contributed by atoms with van der Waals surface area (Å²) in [4.78, 5) is 27.1. The van der Waals surface area contributed by atoms with Gasteiger partial charge in [0.15, 0.2) is 0 Å². The van der Waals surface area contributed by atoms with E-state index in [4.69, 9.17) is 4.74 Å². The number of carbonyl (C=O) groups is 2. The van der Waals surface area contributed by atoms with Crippen LogP contribution in [0.4, 0.5) is 5.69 Å². The van der Waals surface area contributed by atoms with E-state index in [1.807, 2.05) is 54.6 Å². The molecule has 2 aromatic rings. The fraction of sp³-hybridized carbons (Fsp3) is 0.364. The van der Waals surface area contributed by atoms with Crippen molar-refractivity contribution in [3.63, 3.8) is 0 Å². The van der Waals surface area contributed by atoms with Gasteiger partial charge >= 0.3 is 0 Å². The third kappa shape index (κ3) is 2.36. The number of ether oxygens (including phenoxy) is 1. The normalized spacial score (nSPS) is 29.3. The van der Waals surface area contributed by atoms with Crippen LogP contribution in [0.3, 0.4) is 0 Å². The van der Waals surface area contributed by atoms with Crippen molar-refractivity contribution in [1.82, 2.24) is 0 Å². The number of carbonyl (C=O) groups excluding carboxylic acids is 2. The van der Waals surface area contributed by atoms with Crippen LogP contribution in [0.2, 0.25) is 0 Å². The lowest BCUT2D eigenvalue weighted by Gasteiger charge is -2.19. The minimum Gasteiger partial charge on any atom is -0.489 e. The Hall–Kier alpha value is -2.62. The van der Waals surface area contributed by atoms with Gasteiger partial charge in [-0.1, -0.05) is 30.3 Å². The van der Waals surface area contributed by atoms with Crippen LogP contribution < -0.4 is 9.64 Å². The first kappa shape index (κ1) is 15.6. The predicted octanol–water partition coefficient (Wildman–Crippen LogP) is 3.80. The number of imide groups is 1. The summed E-state index contributed by atoms with van der Waals surface area (Å²) in [7, 11) is 0. The summed E-state index contributed by atoms with van der Waals surface area (Å²) in [6.45, 7) is 0.495.